The molecule has 0 spiro atoms. The predicted octanol–water partition coefficient (Wildman–Crippen LogP) is 2.62. The summed E-state index contributed by atoms with van der Waals surface area (Å²) in [7, 11) is 0. The van der Waals surface area contributed by atoms with Gasteiger partial charge < -0.3 is 0 Å². The number of carbonyl (C=O) groups excluding carboxylic acids is 1. The van der Waals surface area contributed by atoms with Crippen LogP contribution in [0.2, 0.25) is 5.02 Å². The largest absolute Gasteiger partial charge is 0.240 e. The smallest absolute Gasteiger partial charge is 0.211 e. The maximum atomic E-state index is 9.90. The van der Waals surface area contributed by atoms with E-state index in [0.29, 0.717) is 10.7 Å². The highest BCUT2D eigenvalue weighted by atomic mass is 35.5. The average molecular weight is 168 g/mol. The van der Waals surface area contributed by atoms with Gasteiger partial charge in [-0.3, -0.25) is 0 Å². The Kier molecular flexibility index (Phi) is 2.42. The monoisotopic (exact) mass is 167 g/mol. The Morgan fingerprint density at radius 1 is 1.55 bits per heavy atom. The van der Waals surface area contributed by atoms with Gasteiger partial charge in [-0.25, -0.2) is 4.79 Å². The minimum absolute atomic E-state index is 0.574. The number of halogens is 1. The highest BCUT2D eigenvalue weighted by Crippen LogP contribution is 2.21. The summed E-state index contributed by atoms with van der Waals surface area (Å²) in [6, 6.07) is 5.18. The molecule has 0 bridgehead atoms. The van der Waals surface area contributed by atoms with Crippen LogP contribution in [0, 0.1) is 6.92 Å². The van der Waals surface area contributed by atoms with Crippen LogP contribution in [0.25, 0.3) is 0 Å². The Morgan fingerprint density at radius 2 is 2.27 bits per heavy atom. The van der Waals surface area contributed by atoms with Gasteiger partial charge in [0, 0.05) is 5.02 Å². The molecule has 0 aliphatic heterocycles. The Labute approximate surface area is 69.5 Å². The number of hydrogen-bond acceptors (Lipinski definition) is 2. The molecule has 56 valence electrons. The molecule has 0 fully saturated rings. The first-order chi connectivity index (χ1) is 5.24. The first kappa shape index (κ1) is 7.99. The van der Waals surface area contributed by atoms with Crippen molar-refractivity contribution in [2.75, 3.05) is 0 Å². The molecule has 0 heterocycles. The van der Waals surface area contributed by atoms with Crippen molar-refractivity contribution in [3.8, 4) is 0 Å². The molecule has 0 saturated carbocycles. The number of aryl methyl sites for hydroxylation is 1. The molecule has 0 saturated heterocycles. The van der Waals surface area contributed by atoms with Crippen molar-refractivity contribution in [3.05, 3.63) is 28.8 Å². The Balaban J connectivity index is 3.22. The van der Waals surface area contributed by atoms with Crippen LogP contribution in [-0.2, 0) is 4.79 Å². The lowest BCUT2D eigenvalue weighted by atomic mass is 10.2. The van der Waals surface area contributed by atoms with Crippen LogP contribution < -0.4 is 0 Å². The third kappa shape index (κ3) is 1.90. The Hall–Kier alpha value is -1.11. The molecule has 0 atom stereocenters. The fraction of sp³-hybridized carbons (Fsp3) is 0.125. The molecule has 3 heteroatoms. The van der Waals surface area contributed by atoms with E-state index in [2.05, 4.69) is 4.99 Å². The predicted molar refractivity (Wildman–Crippen MR) is 44.0 cm³/mol. The van der Waals surface area contributed by atoms with Crippen LogP contribution in [0.1, 0.15) is 5.56 Å². The lowest BCUT2D eigenvalue weighted by Gasteiger charge is -1.96. The maximum Gasteiger partial charge on any atom is 0.240 e. The van der Waals surface area contributed by atoms with E-state index in [0.717, 1.165) is 5.56 Å². The highest BCUT2D eigenvalue weighted by molar-refractivity contribution is 6.30. The van der Waals surface area contributed by atoms with Crippen molar-refractivity contribution in [2.24, 2.45) is 4.99 Å². The van der Waals surface area contributed by atoms with Gasteiger partial charge in [0.1, 0.15) is 0 Å². The molecule has 0 amide bonds. The van der Waals surface area contributed by atoms with Crippen molar-refractivity contribution in [1.29, 1.82) is 0 Å². The number of aliphatic imine (C=N–C) groups is 1. The van der Waals surface area contributed by atoms with E-state index in [1.165, 1.54) is 6.08 Å². The molecule has 0 radical (unpaired) electrons. The van der Waals surface area contributed by atoms with E-state index >= 15 is 0 Å². The molecule has 0 aliphatic carbocycles. The third-order valence-corrected chi connectivity index (χ3v) is 1.57. The number of benzene rings is 1. The van der Waals surface area contributed by atoms with Crippen LogP contribution in [-0.4, -0.2) is 6.08 Å². The van der Waals surface area contributed by atoms with E-state index in [1.54, 1.807) is 18.2 Å². The minimum atomic E-state index is 0.574. The molecular formula is C8H6ClNO. The summed E-state index contributed by atoms with van der Waals surface area (Å²) in [5.74, 6) is 0. The number of isocyanates is 1. The highest BCUT2D eigenvalue weighted by Gasteiger charge is 1.95. The second-order valence-electron chi connectivity index (χ2n) is 2.13. The summed E-state index contributed by atoms with van der Waals surface area (Å²) in [5, 5.41) is 0.574. The lowest BCUT2D eigenvalue weighted by molar-refractivity contribution is 0.565. The van der Waals surface area contributed by atoms with E-state index in [4.69, 9.17) is 11.6 Å². The summed E-state index contributed by atoms with van der Waals surface area (Å²) in [4.78, 5) is 13.4. The Morgan fingerprint density at radius 3 is 2.91 bits per heavy atom. The van der Waals surface area contributed by atoms with Gasteiger partial charge in [-0.2, -0.15) is 4.99 Å². The molecule has 0 aliphatic rings. The van der Waals surface area contributed by atoms with Crippen molar-refractivity contribution in [3.63, 3.8) is 0 Å². The van der Waals surface area contributed by atoms with Gasteiger partial charge in [0.15, 0.2) is 0 Å². The van der Waals surface area contributed by atoms with Gasteiger partial charge >= 0.3 is 0 Å². The maximum absolute atomic E-state index is 9.90. The fourth-order valence-corrected chi connectivity index (χ4v) is 0.919. The first-order valence-corrected chi connectivity index (χ1v) is 3.46. The number of hydrogen-bond donors (Lipinski definition) is 0. The van der Waals surface area contributed by atoms with Crippen molar-refractivity contribution in [2.45, 2.75) is 6.92 Å². The number of rotatable bonds is 1. The quantitative estimate of drug-likeness (QED) is 0.467. The van der Waals surface area contributed by atoms with Gasteiger partial charge in [-0.15, -0.1) is 0 Å². The molecule has 1 aromatic rings. The van der Waals surface area contributed by atoms with Crippen LogP contribution in [0.3, 0.4) is 0 Å². The lowest BCUT2D eigenvalue weighted by Crippen LogP contribution is -1.72. The third-order valence-electron chi connectivity index (χ3n) is 1.34. The summed E-state index contributed by atoms with van der Waals surface area (Å²) in [6.07, 6.45) is 1.47. The second-order valence-corrected chi connectivity index (χ2v) is 2.57. The summed E-state index contributed by atoms with van der Waals surface area (Å²) >= 11 is 5.66. The normalized spacial score (nSPS) is 8.91. The van der Waals surface area contributed by atoms with Crippen molar-refractivity contribution in [1.82, 2.24) is 0 Å². The van der Waals surface area contributed by atoms with Gasteiger partial charge in [0.05, 0.1) is 5.69 Å². The van der Waals surface area contributed by atoms with E-state index < -0.39 is 0 Å². The van der Waals surface area contributed by atoms with Gasteiger partial charge in [-0.1, -0.05) is 17.7 Å². The van der Waals surface area contributed by atoms with Crippen molar-refractivity contribution < 1.29 is 4.79 Å². The molecule has 1 rings (SSSR count). The SMILES string of the molecule is Cc1ccc(Cl)cc1N=C=O. The second kappa shape index (κ2) is 3.33. The fourth-order valence-electron chi connectivity index (χ4n) is 0.752. The van der Waals surface area contributed by atoms with E-state index in [1.807, 2.05) is 6.92 Å². The number of nitrogens with zero attached hydrogens (tertiary/aromatic N) is 1. The summed E-state index contributed by atoms with van der Waals surface area (Å²) in [5.41, 5.74) is 1.49. The molecule has 1 aromatic carbocycles. The van der Waals surface area contributed by atoms with Gasteiger partial charge in [-0.05, 0) is 24.6 Å². The van der Waals surface area contributed by atoms with Gasteiger partial charge in [0.25, 0.3) is 0 Å². The Bertz CT molecular complexity index is 316. The van der Waals surface area contributed by atoms with E-state index in [-0.39, 0.29) is 0 Å². The average Bonchev–Trinajstić information content (AvgIpc) is 1.98. The molecular weight excluding hydrogens is 162 g/mol. The molecule has 0 N–H and O–H groups in total. The van der Waals surface area contributed by atoms with Crippen LogP contribution >= 0.6 is 11.6 Å². The van der Waals surface area contributed by atoms with E-state index in [9.17, 15) is 4.79 Å². The topological polar surface area (TPSA) is 29.4 Å². The summed E-state index contributed by atoms with van der Waals surface area (Å²) in [6.45, 7) is 1.85. The zero-order chi connectivity index (χ0) is 8.27. The van der Waals surface area contributed by atoms with Gasteiger partial charge in [0.2, 0.25) is 6.08 Å². The molecule has 2 nitrogen and oxygen atoms in total. The first-order valence-electron chi connectivity index (χ1n) is 3.08. The zero-order valence-corrected chi connectivity index (χ0v) is 6.72. The molecule has 0 unspecified atom stereocenters. The van der Waals surface area contributed by atoms with Crippen LogP contribution in [0.4, 0.5) is 5.69 Å². The van der Waals surface area contributed by atoms with Crippen LogP contribution in [0.5, 0.6) is 0 Å². The zero-order valence-electron chi connectivity index (χ0n) is 5.97. The molecule has 0 aromatic heterocycles. The minimum Gasteiger partial charge on any atom is -0.211 e. The molecule has 11 heavy (non-hydrogen) atoms. The standard InChI is InChI=1S/C8H6ClNO/c1-6-2-3-7(9)4-8(6)10-5-11/h2-4H,1H3. The van der Waals surface area contributed by atoms with Crippen molar-refractivity contribution >= 4 is 23.4 Å². The summed E-state index contributed by atoms with van der Waals surface area (Å²) < 4.78 is 0. The van der Waals surface area contributed by atoms with Crippen LogP contribution in [0.15, 0.2) is 23.2 Å².